The molecule has 1 aromatic carbocycles. The van der Waals surface area contributed by atoms with E-state index in [1.165, 1.54) is 15.9 Å². The summed E-state index contributed by atoms with van der Waals surface area (Å²) in [5.41, 5.74) is 2.30. The van der Waals surface area contributed by atoms with Crippen LogP contribution >= 0.6 is 23.1 Å². The van der Waals surface area contributed by atoms with Crippen LogP contribution in [-0.2, 0) is 11.3 Å². The zero-order valence-electron chi connectivity index (χ0n) is 18.5. The molecule has 3 amide bonds. The average Bonchev–Trinajstić information content (AvgIpc) is 3.12. The predicted molar refractivity (Wildman–Crippen MR) is 131 cm³/mol. The van der Waals surface area contributed by atoms with Gasteiger partial charge in [0, 0.05) is 23.0 Å². The lowest BCUT2D eigenvalue weighted by Crippen LogP contribution is -2.48. The summed E-state index contributed by atoms with van der Waals surface area (Å²) in [4.78, 5) is 42.7. The third kappa shape index (κ3) is 5.66. The van der Waals surface area contributed by atoms with Crippen LogP contribution in [0.25, 0.3) is 21.3 Å². The number of allylic oxidation sites excluding steroid dienone is 1. The third-order valence-electron chi connectivity index (χ3n) is 4.41. The SMILES string of the molecule is C=CCn1c(SCC(=O)NC(=O)NC(C)(C)C)nc2scc(-c3ccc(C)cc3)c2c1=O. The Morgan fingerprint density at radius 2 is 1.94 bits per heavy atom. The van der Waals surface area contributed by atoms with Crippen molar-refractivity contribution in [2.24, 2.45) is 0 Å². The van der Waals surface area contributed by atoms with Crippen LogP contribution in [0.5, 0.6) is 0 Å². The van der Waals surface area contributed by atoms with Gasteiger partial charge in [0.05, 0.1) is 11.1 Å². The number of thiophene rings is 1. The van der Waals surface area contributed by atoms with Gasteiger partial charge in [0.25, 0.3) is 5.56 Å². The molecule has 0 aliphatic heterocycles. The number of carbonyl (C=O) groups is 2. The van der Waals surface area contributed by atoms with E-state index >= 15 is 0 Å². The molecule has 0 spiro atoms. The van der Waals surface area contributed by atoms with Gasteiger partial charge in [-0.2, -0.15) is 0 Å². The van der Waals surface area contributed by atoms with Gasteiger partial charge in [0.2, 0.25) is 5.91 Å². The Hall–Kier alpha value is -2.91. The monoisotopic (exact) mass is 470 g/mol. The Morgan fingerprint density at radius 3 is 2.56 bits per heavy atom. The average molecular weight is 471 g/mol. The fraction of sp³-hybridized carbons (Fsp3) is 0.304. The summed E-state index contributed by atoms with van der Waals surface area (Å²) in [5, 5.41) is 7.86. The molecule has 0 radical (unpaired) electrons. The molecule has 9 heteroatoms. The lowest BCUT2D eigenvalue weighted by molar-refractivity contribution is -0.117. The van der Waals surface area contributed by atoms with E-state index in [1.54, 1.807) is 6.08 Å². The maximum Gasteiger partial charge on any atom is 0.321 e. The molecule has 2 heterocycles. The second-order valence-corrected chi connectivity index (χ2v) is 10.1. The zero-order valence-corrected chi connectivity index (χ0v) is 20.2. The van der Waals surface area contributed by atoms with E-state index in [2.05, 4.69) is 22.2 Å². The Bertz CT molecular complexity index is 1220. The van der Waals surface area contributed by atoms with Gasteiger partial charge in [0.1, 0.15) is 4.83 Å². The van der Waals surface area contributed by atoms with Crippen molar-refractivity contribution in [2.45, 2.75) is 44.9 Å². The largest absolute Gasteiger partial charge is 0.333 e. The van der Waals surface area contributed by atoms with Gasteiger partial charge in [-0.1, -0.05) is 47.7 Å². The topological polar surface area (TPSA) is 93.1 Å². The number of imide groups is 1. The van der Waals surface area contributed by atoms with Gasteiger partial charge >= 0.3 is 6.03 Å². The number of amides is 3. The highest BCUT2D eigenvalue weighted by atomic mass is 32.2. The van der Waals surface area contributed by atoms with Crippen molar-refractivity contribution >= 4 is 45.3 Å². The Balaban J connectivity index is 1.88. The molecule has 7 nitrogen and oxygen atoms in total. The fourth-order valence-corrected chi connectivity index (χ4v) is 4.81. The summed E-state index contributed by atoms with van der Waals surface area (Å²) >= 11 is 2.50. The Labute approximate surface area is 194 Å². The smallest absolute Gasteiger partial charge is 0.321 e. The molecule has 168 valence electrons. The highest BCUT2D eigenvalue weighted by molar-refractivity contribution is 7.99. The van der Waals surface area contributed by atoms with Crippen molar-refractivity contribution in [3.05, 3.63) is 58.2 Å². The highest BCUT2D eigenvalue weighted by Crippen LogP contribution is 2.32. The first kappa shape index (κ1) is 23.7. The number of rotatable bonds is 6. The molecular weight excluding hydrogens is 444 g/mol. The minimum atomic E-state index is -0.559. The number of nitrogens with zero attached hydrogens (tertiary/aromatic N) is 2. The van der Waals surface area contributed by atoms with Crippen LogP contribution in [0.2, 0.25) is 0 Å². The number of hydrogen-bond acceptors (Lipinski definition) is 6. The molecule has 0 saturated heterocycles. The number of thioether (sulfide) groups is 1. The van der Waals surface area contributed by atoms with Crippen LogP contribution in [0.3, 0.4) is 0 Å². The molecule has 32 heavy (non-hydrogen) atoms. The molecular formula is C23H26N4O3S2. The maximum atomic E-state index is 13.3. The minimum absolute atomic E-state index is 0.0527. The number of benzene rings is 1. The van der Waals surface area contributed by atoms with E-state index in [1.807, 2.05) is 57.3 Å². The van der Waals surface area contributed by atoms with Crippen LogP contribution in [0.15, 0.2) is 52.3 Å². The molecule has 0 aliphatic carbocycles. The fourth-order valence-electron chi connectivity index (χ4n) is 3.02. The molecule has 0 atom stereocenters. The molecule has 3 aromatic rings. The van der Waals surface area contributed by atoms with Crippen LogP contribution in [-0.4, -0.2) is 32.8 Å². The van der Waals surface area contributed by atoms with Gasteiger partial charge in [-0.3, -0.25) is 19.5 Å². The van der Waals surface area contributed by atoms with Crippen LogP contribution in [0.4, 0.5) is 4.79 Å². The molecule has 0 unspecified atom stereocenters. The molecule has 0 fully saturated rings. The van der Waals surface area contributed by atoms with E-state index in [-0.39, 0.29) is 17.9 Å². The second kappa shape index (κ2) is 9.70. The third-order valence-corrected chi connectivity index (χ3v) is 6.26. The number of urea groups is 1. The van der Waals surface area contributed by atoms with Gasteiger partial charge in [0.15, 0.2) is 5.16 Å². The highest BCUT2D eigenvalue weighted by Gasteiger charge is 2.19. The van der Waals surface area contributed by atoms with E-state index in [9.17, 15) is 14.4 Å². The van der Waals surface area contributed by atoms with Gasteiger partial charge < -0.3 is 5.32 Å². The Kier molecular flexibility index (Phi) is 7.20. The normalized spacial score (nSPS) is 11.4. The number of nitrogens with one attached hydrogen (secondary N) is 2. The standard InChI is InChI=1S/C23H26N4O3S2/c1-6-11-27-20(29)18-16(15-9-7-14(2)8-10-15)12-31-19(18)25-22(27)32-13-17(28)24-21(30)26-23(3,4)5/h6-10,12H,1,11,13H2,2-5H3,(H2,24,26,28,30). The number of fused-ring (bicyclic) bond motifs is 1. The quantitative estimate of drug-likeness (QED) is 0.318. The van der Waals surface area contributed by atoms with Crippen molar-refractivity contribution in [3.8, 4) is 11.1 Å². The van der Waals surface area contributed by atoms with E-state index in [0.717, 1.165) is 28.5 Å². The van der Waals surface area contributed by atoms with Crippen molar-refractivity contribution in [1.82, 2.24) is 20.2 Å². The van der Waals surface area contributed by atoms with Crippen molar-refractivity contribution in [3.63, 3.8) is 0 Å². The maximum absolute atomic E-state index is 13.3. The van der Waals surface area contributed by atoms with Crippen LogP contribution < -0.4 is 16.2 Å². The van der Waals surface area contributed by atoms with E-state index < -0.39 is 17.5 Å². The summed E-state index contributed by atoms with van der Waals surface area (Å²) in [7, 11) is 0. The predicted octanol–water partition coefficient (Wildman–Crippen LogP) is 4.34. The molecule has 2 aromatic heterocycles. The van der Waals surface area contributed by atoms with Crippen molar-refractivity contribution in [2.75, 3.05) is 5.75 Å². The van der Waals surface area contributed by atoms with E-state index in [4.69, 9.17) is 0 Å². The molecule has 2 N–H and O–H groups in total. The molecule has 0 bridgehead atoms. The van der Waals surface area contributed by atoms with Crippen LogP contribution in [0.1, 0.15) is 26.3 Å². The summed E-state index contributed by atoms with van der Waals surface area (Å²) in [5.74, 6) is -0.522. The van der Waals surface area contributed by atoms with Crippen molar-refractivity contribution < 1.29 is 9.59 Å². The number of aromatic nitrogens is 2. The summed E-state index contributed by atoms with van der Waals surface area (Å²) in [6, 6.07) is 7.43. The number of aryl methyl sites for hydroxylation is 1. The number of carbonyl (C=O) groups excluding carboxylic acids is 2. The Morgan fingerprint density at radius 1 is 1.25 bits per heavy atom. The van der Waals surface area contributed by atoms with Crippen LogP contribution in [0, 0.1) is 6.92 Å². The summed E-state index contributed by atoms with van der Waals surface area (Å²) in [6.07, 6.45) is 1.62. The van der Waals surface area contributed by atoms with Gasteiger partial charge in [-0.25, -0.2) is 9.78 Å². The minimum Gasteiger partial charge on any atom is -0.333 e. The lowest BCUT2D eigenvalue weighted by atomic mass is 10.1. The van der Waals surface area contributed by atoms with Gasteiger partial charge in [-0.05, 0) is 33.3 Å². The first-order chi connectivity index (χ1) is 15.1. The number of hydrogen-bond donors (Lipinski definition) is 2. The van der Waals surface area contributed by atoms with Gasteiger partial charge in [-0.15, -0.1) is 17.9 Å². The van der Waals surface area contributed by atoms with Crippen molar-refractivity contribution in [1.29, 1.82) is 0 Å². The molecule has 0 aliphatic rings. The lowest BCUT2D eigenvalue weighted by Gasteiger charge is -2.20. The van der Waals surface area contributed by atoms with E-state index in [0.29, 0.717) is 15.4 Å². The zero-order chi connectivity index (χ0) is 23.5. The first-order valence-corrected chi connectivity index (χ1v) is 11.9. The summed E-state index contributed by atoms with van der Waals surface area (Å²) < 4.78 is 1.51. The second-order valence-electron chi connectivity index (χ2n) is 8.34. The molecule has 3 rings (SSSR count). The first-order valence-electron chi connectivity index (χ1n) is 10.0. The molecule has 0 saturated carbocycles. The summed E-state index contributed by atoms with van der Waals surface area (Å²) in [6.45, 7) is 11.5.